The Labute approximate surface area is 62.4 Å². The van der Waals surface area contributed by atoms with Crippen LogP contribution in [0.4, 0.5) is 0 Å². The normalized spacial score (nSPS) is 34.8. The van der Waals surface area contributed by atoms with Gasteiger partial charge in [-0.25, -0.2) is 0 Å². The minimum Gasteiger partial charge on any atom is -0.0436 e. The van der Waals surface area contributed by atoms with Crippen LogP contribution in [0.25, 0.3) is 0 Å². The molecule has 0 aromatic carbocycles. The highest BCUT2D eigenvalue weighted by molar-refractivity contribution is 7.99. The Morgan fingerprint density at radius 1 is 1.78 bits per heavy atom. The van der Waals surface area contributed by atoms with Gasteiger partial charge in [-0.1, -0.05) is 0 Å². The highest BCUT2D eigenvalue weighted by Gasteiger charge is 2.36. The lowest BCUT2D eigenvalue weighted by atomic mass is 10.3. The number of rotatable bonds is 1. The first-order valence-corrected chi connectivity index (χ1v) is 6.62. The molecule has 0 saturated heterocycles. The van der Waals surface area contributed by atoms with E-state index in [1.54, 1.807) is 0 Å². The summed E-state index contributed by atoms with van der Waals surface area (Å²) in [5.74, 6) is 0. The van der Waals surface area contributed by atoms with Gasteiger partial charge in [0.25, 0.3) is 0 Å². The fourth-order valence-electron chi connectivity index (χ4n) is 1.14. The summed E-state index contributed by atoms with van der Waals surface area (Å²) in [6, 6.07) is 0. The zero-order valence-electron chi connectivity index (χ0n) is 6.02. The summed E-state index contributed by atoms with van der Waals surface area (Å²) in [5, 5.41) is 0. The molecule has 1 rings (SSSR count). The fraction of sp³-hybridized carbons (Fsp3) is 0.714. The van der Waals surface area contributed by atoms with Crippen molar-refractivity contribution in [3.63, 3.8) is 0 Å². The topological polar surface area (TPSA) is 0 Å². The highest BCUT2D eigenvalue weighted by atomic mass is 35.7. The summed E-state index contributed by atoms with van der Waals surface area (Å²) in [6.07, 6.45) is 5.87. The third kappa shape index (κ3) is 1.69. The van der Waals surface area contributed by atoms with E-state index in [0.29, 0.717) is 0 Å². The molecular formula is C7H13ClP+. The van der Waals surface area contributed by atoms with Crippen LogP contribution in [0.1, 0.15) is 13.8 Å². The molecule has 1 aliphatic heterocycles. The van der Waals surface area contributed by atoms with E-state index in [1.165, 1.54) is 24.1 Å². The van der Waals surface area contributed by atoms with Crippen molar-refractivity contribution in [2.45, 2.75) is 13.8 Å². The van der Waals surface area contributed by atoms with Crippen molar-refractivity contribution >= 4 is 17.9 Å². The number of allylic oxidation sites excluding steroid dienone is 2. The summed E-state index contributed by atoms with van der Waals surface area (Å²) in [6.45, 7) is 3.40. The van der Waals surface area contributed by atoms with Gasteiger partial charge in [-0.15, -0.1) is 0 Å². The number of hydrogen-bond acceptors (Lipinski definition) is 0. The van der Waals surface area contributed by atoms with Gasteiger partial charge < -0.3 is 0 Å². The van der Waals surface area contributed by atoms with Crippen LogP contribution in [0.5, 0.6) is 0 Å². The van der Waals surface area contributed by atoms with Crippen LogP contribution in [-0.4, -0.2) is 18.5 Å². The van der Waals surface area contributed by atoms with Crippen molar-refractivity contribution in [3.8, 4) is 0 Å². The molecule has 2 heteroatoms. The van der Waals surface area contributed by atoms with Crippen molar-refractivity contribution in [2.75, 3.05) is 18.5 Å². The zero-order valence-corrected chi connectivity index (χ0v) is 7.67. The Morgan fingerprint density at radius 3 is 2.67 bits per heavy atom. The zero-order chi connectivity index (χ0) is 6.91. The first-order chi connectivity index (χ1) is 4.16. The maximum absolute atomic E-state index is 6.31. The molecule has 0 aliphatic carbocycles. The van der Waals surface area contributed by atoms with Gasteiger partial charge in [0.15, 0.2) is 0 Å². The smallest absolute Gasteiger partial charge is 0.0436 e. The van der Waals surface area contributed by atoms with Gasteiger partial charge in [0.05, 0.1) is 29.7 Å². The van der Waals surface area contributed by atoms with Gasteiger partial charge in [0.2, 0.25) is 0 Å². The van der Waals surface area contributed by atoms with Crippen LogP contribution < -0.4 is 0 Å². The maximum atomic E-state index is 6.31. The molecule has 0 fully saturated rings. The summed E-state index contributed by atoms with van der Waals surface area (Å²) < 4.78 is 0. The molecule has 52 valence electrons. The molecule has 1 atom stereocenters. The first-order valence-electron chi connectivity index (χ1n) is 3.38. The second-order valence-electron chi connectivity index (χ2n) is 2.74. The maximum Gasteiger partial charge on any atom is 0.121 e. The van der Waals surface area contributed by atoms with E-state index in [1.807, 2.05) is 0 Å². The predicted octanol–water partition coefficient (Wildman–Crippen LogP) is 3.14. The number of hydrogen-bond donors (Lipinski definition) is 0. The van der Waals surface area contributed by atoms with Gasteiger partial charge in [-0.2, -0.15) is 0 Å². The minimum absolute atomic E-state index is 0.977. The SMILES string of the molecule is CC[P+]1(Cl)CC=C(C)C1. The predicted molar refractivity (Wildman–Crippen MR) is 46.8 cm³/mol. The summed E-state index contributed by atoms with van der Waals surface area (Å²) >= 11 is 6.31. The largest absolute Gasteiger partial charge is 0.121 e. The molecule has 0 radical (unpaired) electrons. The lowest BCUT2D eigenvalue weighted by Crippen LogP contribution is -1.90. The Balaban J connectivity index is 2.53. The van der Waals surface area contributed by atoms with Crippen LogP contribution in [0.3, 0.4) is 0 Å². The van der Waals surface area contributed by atoms with Gasteiger partial charge >= 0.3 is 0 Å². The molecule has 0 spiro atoms. The van der Waals surface area contributed by atoms with Crippen molar-refractivity contribution in [3.05, 3.63) is 11.6 Å². The average Bonchev–Trinajstić information content (AvgIpc) is 2.13. The van der Waals surface area contributed by atoms with E-state index in [4.69, 9.17) is 11.2 Å². The van der Waals surface area contributed by atoms with Crippen molar-refractivity contribution < 1.29 is 0 Å². The van der Waals surface area contributed by atoms with Crippen LogP contribution in [-0.2, 0) is 0 Å². The van der Waals surface area contributed by atoms with Gasteiger partial charge in [0.1, 0.15) is 6.62 Å². The molecule has 0 saturated carbocycles. The van der Waals surface area contributed by atoms with Crippen LogP contribution in [0.15, 0.2) is 11.6 Å². The van der Waals surface area contributed by atoms with E-state index < -0.39 is 6.62 Å². The molecular weight excluding hydrogens is 151 g/mol. The van der Waals surface area contributed by atoms with Gasteiger partial charge in [-0.3, -0.25) is 0 Å². The van der Waals surface area contributed by atoms with Crippen molar-refractivity contribution in [2.24, 2.45) is 0 Å². The van der Waals surface area contributed by atoms with Gasteiger partial charge in [0, 0.05) is 0 Å². The van der Waals surface area contributed by atoms with Crippen LogP contribution in [0.2, 0.25) is 0 Å². The van der Waals surface area contributed by atoms with Crippen LogP contribution >= 0.6 is 17.9 Å². The average molecular weight is 164 g/mol. The first kappa shape index (κ1) is 7.57. The van der Waals surface area contributed by atoms with E-state index in [9.17, 15) is 0 Å². The Kier molecular flexibility index (Phi) is 2.18. The lowest BCUT2D eigenvalue weighted by Gasteiger charge is -2.08. The monoisotopic (exact) mass is 163 g/mol. The third-order valence-corrected chi connectivity index (χ3v) is 6.39. The molecule has 0 aromatic heterocycles. The molecule has 9 heavy (non-hydrogen) atoms. The molecule has 1 aliphatic rings. The second kappa shape index (κ2) is 2.60. The van der Waals surface area contributed by atoms with E-state index >= 15 is 0 Å². The second-order valence-corrected chi connectivity index (χ2v) is 8.26. The number of halogens is 1. The van der Waals surface area contributed by atoms with Crippen LogP contribution in [0, 0.1) is 0 Å². The molecule has 0 N–H and O–H groups in total. The fourth-order valence-corrected chi connectivity index (χ4v) is 4.18. The van der Waals surface area contributed by atoms with E-state index in [2.05, 4.69) is 19.9 Å². The Bertz CT molecular complexity index is 142. The molecule has 1 heterocycles. The Morgan fingerprint density at radius 2 is 2.44 bits per heavy atom. The van der Waals surface area contributed by atoms with Gasteiger partial charge in [-0.05, 0) is 25.5 Å². The summed E-state index contributed by atoms with van der Waals surface area (Å²) in [4.78, 5) is 0. The van der Waals surface area contributed by atoms with E-state index in [-0.39, 0.29) is 0 Å². The molecule has 0 amide bonds. The lowest BCUT2D eigenvalue weighted by molar-refractivity contribution is 1.40. The van der Waals surface area contributed by atoms with Crippen molar-refractivity contribution in [1.29, 1.82) is 0 Å². The third-order valence-electron chi connectivity index (χ3n) is 1.87. The molecule has 0 bridgehead atoms. The molecule has 0 nitrogen and oxygen atoms in total. The standard InChI is InChI=1S/C7H13ClP/c1-3-9(8)5-4-7(2)6-9/h4H,3,5-6H2,1-2H3/q+1. The minimum atomic E-state index is -0.977. The quantitative estimate of drug-likeness (QED) is 0.412. The molecule has 1 unspecified atom stereocenters. The highest BCUT2D eigenvalue weighted by Crippen LogP contribution is 2.67. The molecule has 0 aromatic rings. The Hall–Kier alpha value is 0.460. The summed E-state index contributed by atoms with van der Waals surface area (Å²) in [7, 11) is 0. The van der Waals surface area contributed by atoms with E-state index in [0.717, 1.165) is 0 Å². The summed E-state index contributed by atoms with van der Waals surface area (Å²) in [5.41, 5.74) is 1.50. The van der Waals surface area contributed by atoms with Crippen molar-refractivity contribution in [1.82, 2.24) is 0 Å².